The Labute approximate surface area is 135 Å². The number of halogens is 2. The second-order valence-electron chi connectivity index (χ2n) is 5.16. The highest BCUT2D eigenvalue weighted by atomic mass is 19.1. The molecule has 0 amide bonds. The minimum atomic E-state index is -0.951. The molecule has 24 heavy (non-hydrogen) atoms. The van der Waals surface area contributed by atoms with Crippen LogP contribution in [0.5, 0.6) is 0 Å². The van der Waals surface area contributed by atoms with E-state index in [4.69, 9.17) is 5.26 Å². The molecule has 0 aliphatic carbocycles. The third-order valence-electron chi connectivity index (χ3n) is 3.75. The molecule has 1 aromatic heterocycles. The van der Waals surface area contributed by atoms with Gasteiger partial charge in [0.25, 0.3) is 0 Å². The zero-order chi connectivity index (χ0) is 16.7. The molecule has 0 saturated carbocycles. The van der Waals surface area contributed by atoms with Crippen LogP contribution in [0.2, 0.25) is 0 Å². The lowest BCUT2D eigenvalue weighted by Crippen LogP contribution is -2.17. The van der Waals surface area contributed by atoms with Crippen LogP contribution in [0.4, 0.5) is 20.2 Å². The highest BCUT2D eigenvalue weighted by Gasteiger charge is 2.24. The number of amidine groups is 1. The fourth-order valence-electron chi connectivity index (χ4n) is 2.62. The van der Waals surface area contributed by atoms with Crippen LogP contribution < -0.4 is 5.32 Å². The van der Waals surface area contributed by atoms with Crippen molar-refractivity contribution in [2.75, 3.05) is 5.32 Å². The summed E-state index contributed by atoms with van der Waals surface area (Å²) in [5.41, 5.74) is 1.87. The number of fused-ring (bicyclic) bond motifs is 3. The average Bonchev–Trinajstić information content (AvgIpc) is 2.98. The summed E-state index contributed by atoms with van der Waals surface area (Å²) in [6, 6.07) is 11.0. The van der Waals surface area contributed by atoms with Crippen LogP contribution in [-0.4, -0.2) is 16.0 Å². The van der Waals surface area contributed by atoms with Crippen molar-refractivity contribution in [1.82, 2.24) is 10.2 Å². The molecule has 0 unspecified atom stereocenters. The quantitative estimate of drug-likeness (QED) is 0.717. The Kier molecular flexibility index (Phi) is 3.10. The van der Waals surface area contributed by atoms with Crippen LogP contribution in [-0.2, 0) is 0 Å². The summed E-state index contributed by atoms with van der Waals surface area (Å²) in [6.07, 6.45) is 1.51. The minimum Gasteiger partial charge on any atom is -0.336 e. The lowest BCUT2D eigenvalue weighted by Gasteiger charge is -2.10. The topological polar surface area (TPSA) is 76.9 Å². The van der Waals surface area contributed by atoms with Crippen molar-refractivity contribution in [3.8, 4) is 17.3 Å². The Morgan fingerprint density at radius 1 is 1.08 bits per heavy atom. The van der Waals surface area contributed by atoms with Gasteiger partial charge in [0, 0.05) is 5.56 Å². The van der Waals surface area contributed by atoms with Gasteiger partial charge in [-0.25, -0.2) is 13.8 Å². The van der Waals surface area contributed by atoms with Crippen molar-refractivity contribution in [2.24, 2.45) is 4.99 Å². The summed E-state index contributed by atoms with van der Waals surface area (Å²) in [6.45, 7) is 0. The first kappa shape index (κ1) is 14.1. The molecule has 7 heteroatoms. The largest absolute Gasteiger partial charge is 0.336 e. The molecular weight excluding hydrogens is 312 g/mol. The maximum absolute atomic E-state index is 14.5. The van der Waals surface area contributed by atoms with Gasteiger partial charge >= 0.3 is 0 Å². The molecule has 2 aromatic carbocycles. The van der Waals surface area contributed by atoms with Gasteiger partial charge < -0.3 is 5.32 Å². The molecule has 116 valence electrons. The molecule has 0 atom stereocenters. The monoisotopic (exact) mass is 321 g/mol. The second-order valence-corrected chi connectivity index (χ2v) is 5.16. The first-order valence-corrected chi connectivity index (χ1v) is 7.06. The molecule has 5 nitrogen and oxygen atoms in total. The average molecular weight is 321 g/mol. The number of nitrogens with one attached hydrogen (secondary N) is 2. The number of H-pyrrole nitrogens is 1. The van der Waals surface area contributed by atoms with E-state index < -0.39 is 11.6 Å². The number of aromatic amines is 1. The van der Waals surface area contributed by atoms with E-state index in [0.717, 1.165) is 17.7 Å². The predicted molar refractivity (Wildman–Crippen MR) is 84.9 cm³/mol. The molecule has 0 radical (unpaired) electrons. The molecule has 0 saturated heterocycles. The number of nitriles is 1. The zero-order valence-corrected chi connectivity index (χ0v) is 12.1. The molecule has 3 aromatic rings. The Morgan fingerprint density at radius 3 is 2.75 bits per heavy atom. The van der Waals surface area contributed by atoms with E-state index >= 15 is 0 Å². The summed E-state index contributed by atoms with van der Waals surface area (Å²) in [4.78, 5) is 4.36. The fourth-order valence-corrected chi connectivity index (χ4v) is 2.62. The number of benzene rings is 2. The van der Waals surface area contributed by atoms with Gasteiger partial charge in [0.05, 0.1) is 34.4 Å². The van der Waals surface area contributed by atoms with E-state index in [-0.39, 0.29) is 17.0 Å². The first-order valence-electron chi connectivity index (χ1n) is 7.06. The van der Waals surface area contributed by atoms with Gasteiger partial charge in [0.1, 0.15) is 17.7 Å². The Morgan fingerprint density at radius 2 is 1.92 bits per heavy atom. The maximum atomic E-state index is 14.5. The van der Waals surface area contributed by atoms with Crippen LogP contribution in [0.1, 0.15) is 11.1 Å². The highest BCUT2D eigenvalue weighted by molar-refractivity contribution is 6.13. The van der Waals surface area contributed by atoms with E-state index in [0.29, 0.717) is 17.1 Å². The lowest BCUT2D eigenvalue weighted by molar-refractivity contribution is 0.576. The fraction of sp³-hybridized carbons (Fsp3) is 0. The van der Waals surface area contributed by atoms with E-state index in [1.165, 1.54) is 6.20 Å². The summed E-state index contributed by atoms with van der Waals surface area (Å²) >= 11 is 0. The normalized spacial score (nSPS) is 12.3. The summed E-state index contributed by atoms with van der Waals surface area (Å²) in [7, 11) is 0. The molecule has 2 N–H and O–H groups in total. The number of para-hydroxylation sites is 1. The maximum Gasteiger partial charge on any atom is 0.154 e. The summed E-state index contributed by atoms with van der Waals surface area (Å²) < 4.78 is 28.8. The van der Waals surface area contributed by atoms with Crippen LogP contribution in [0.25, 0.3) is 11.3 Å². The summed E-state index contributed by atoms with van der Waals surface area (Å²) in [5, 5.41) is 18.7. The van der Waals surface area contributed by atoms with Crippen LogP contribution >= 0.6 is 0 Å². The smallest absolute Gasteiger partial charge is 0.154 e. The molecule has 4 rings (SSSR count). The molecule has 0 fully saturated rings. The first-order chi connectivity index (χ1) is 11.7. The Bertz CT molecular complexity index is 1030. The Balaban J connectivity index is 2.00. The number of hydrogen-bond donors (Lipinski definition) is 2. The van der Waals surface area contributed by atoms with Gasteiger partial charge in [-0.05, 0) is 18.2 Å². The van der Waals surface area contributed by atoms with Crippen molar-refractivity contribution in [3.63, 3.8) is 0 Å². The number of nitrogens with zero attached hydrogens (tertiary/aromatic N) is 3. The molecule has 1 aliphatic rings. The highest BCUT2D eigenvalue weighted by Crippen LogP contribution is 2.37. The van der Waals surface area contributed by atoms with Gasteiger partial charge in [-0.1, -0.05) is 18.2 Å². The molecular formula is C17H9F2N5. The van der Waals surface area contributed by atoms with Crippen molar-refractivity contribution in [3.05, 3.63) is 65.4 Å². The van der Waals surface area contributed by atoms with Gasteiger partial charge in [-0.15, -0.1) is 0 Å². The van der Waals surface area contributed by atoms with Crippen LogP contribution in [0.3, 0.4) is 0 Å². The van der Waals surface area contributed by atoms with E-state index in [1.807, 2.05) is 12.1 Å². The third-order valence-corrected chi connectivity index (χ3v) is 3.75. The molecule has 1 aliphatic heterocycles. The van der Waals surface area contributed by atoms with Gasteiger partial charge in [0.15, 0.2) is 5.82 Å². The van der Waals surface area contributed by atoms with Crippen LogP contribution in [0.15, 0.2) is 47.6 Å². The minimum absolute atomic E-state index is 0.0188. The SMILES string of the molecule is N#Cc1ccc(F)c(C2=Nc3ccccc3-c3[nH]ncc3N2)c1F. The Hall–Kier alpha value is -3.53. The van der Waals surface area contributed by atoms with Crippen molar-refractivity contribution < 1.29 is 8.78 Å². The number of anilines is 1. The van der Waals surface area contributed by atoms with Gasteiger partial charge in [0.2, 0.25) is 0 Å². The third kappa shape index (κ3) is 2.05. The van der Waals surface area contributed by atoms with E-state index in [9.17, 15) is 8.78 Å². The standard InChI is InChI=1S/C17H9F2N5/c18-11-6-5-9(7-20)15(19)14(11)17-22-12-4-2-1-3-10(12)16-13(23-17)8-21-24-16/h1-6,8H,(H,21,24)(H,22,23). The van der Waals surface area contributed by atoms with Crippen molar-refractivity contribution in [2.45, 2.75) is 0 Å². The number of aliphatic imine (C=N–C) groups is 1. The lowest BCUT2D eigenvalue weighted by atomic mass is 10.1. The van der Waals surface area contributed by atoms with Crippen molar-refractivity contribution >= 4 is 17.2 Å². The van der Waals surface area contributed by atoms with E-state index in [1.54, 1.807) is 18.2 Å². The van der Waals surface area contributed by atoms with Gasteiger partial charge in [-0.3, -0.25) is 5.10 Å². The molecule has 0 spiro atoms. The van der Waals surface area contributed by atoms with Crippen LogP contribution in [0, 0.1) is 23.0 Å². The molecule has 2 heterocycles. The predicted octanol–water partition coefficient (Wildman–Crippen LogP) is 3.73. The molecule has 0 bridgehead atoms. The number of hydrogen-bond acceptors (Lipinski definition) is 4. The summed E-state index contributed by atoms with van der Waals surface area (Å²) in [5.74, 6) is -1.77. The second kappa shape index (κ2) is 5.28. The number of rotatable bonds is 1. The number of aromatic nitrogens is 2. The van der Waals surface area contributed by atoms with E-state index in [2.05, 4.69) is 20.5 Å². The van der Waals surface area contributed by atoms with Gasteiger partial charge in [-0.2, -0.15) is 10.4 Å². The zero-order valence-electron chi connectivity index (χ0n) is 12.1. The van der Waals surface area contributed by atoms with Crippen molar-refractivity contribution in [1.29, 1.82) is 5.26 Å².